The molecule has 154 valence electrons. The number of anilines is 2. The molecule has 1 N–H and O–H groups in total. The number of nitrogens with zero attached hydrogens (tertiary/aromatic N) is 3. The summed E-state index contributed by atoms with van der Waals surface area (Å²) in [4.78, 5) is 34.6. The highest BCUT2D eigenvalue weighted by atomic mass is 35.5. The monoisotopic (exact) mass is 452 g/mol. The molecule has 0 fully saturated rings. The Morgan fingerprint density at radius 3 is 2.71 bits per heavy atom. The van der Waals surface area contributed by atoms with Gasteiger partial charge in [-0.15, -0.1) is 11.3 Å². The van der Waals surface area contributed by atoms with Crippen LogP contribution >= 0.6 is 22.9 Å². The normalized spacial score (nSPS) is 21.5. The van der Waals surface area contributed by atoms with Crippen molar-refractivity contribution in [1.29, 1.82) is 0 Å². The van der Waals surface area contributed by atoms with Gasteiger partial charge in [0.2, 0.25) is 5.91 Å². The summed E-state index contributed by atoms with van der Waals surface area (Å²) in [6.45, 7) is -0.128. The lowest BCUT2D eigenvalue weighted by molar-refractivity contribution is -0.115. The van der Waals surface area contributed by atoms with E-state index in [1.54, 1.807) is 17.0 Å². The molecule has 3 aliphatic heterocycles. The van der Waals surface area contributed by atoms with Gasteiger partial charge < -0.3 is 5.32 Å². The van der Waals surface area contributed by atoms with Crippen LogP contribution < -0.4 is 10.2 Å². The van der Waals surface area contributed by atoms with E-state index in [4.69, 9.17) is 16.6 Å². The minimum Gasteiger partial charge on any atom is -0.323 e. The van der Waals surface area contributed by atoms with Gasteiger partial charge in [-0.05, 0) is 41.3 Å². The summed E-state index contributed by atoms with van der Waals surface area (Å²) in [6.07, 6.45) is 0. The van der Waals surface area contributed by atoms with Crippen molar-refractivity contribution in [3.8, 4) is 0 Å². The average molecular weight is 453 g/mol. The van der Waals surface area contributed by atoms with E-state index in [9.17, 15) is 14.0 Å². The first kappa shape index (κ1) is 18.5. The van der Waals surface area contributed by atoms with Crippen molar-refractivity contribution in [2.24, 2.45) is 4.99 Å². The molecule has 0 saturated heterocycles. The van der Waals surface area contributed by atoms with Crippen LogP contribution in [0.5, 0.6) is 0 Å². The summed E-state index contributed by atoms with van der Waals surface area (Å²) in [5.74, 6) is -0.323. The van der Waals surface area contributed by atoms with E-state index >= 15 is 0 Å². The number of halogens is 2. The third kappa shape index (κ3) is 2.72. The summed E-state index contributed by atoms with van der Waals surface area (Å²) in [7, 11) is 0. The van der Waals surface area contributed by atoms with Gasteiger partial charge >= 0.3 is 6.03 Å². The van der Waals surface area contributed by atoms with Gasteiger partial charge in [0.1, 0.15) is 18.4 Å². The first-order valence-corrected chi connectivity index (χ1v) is 10.9. The van der Waals surface area contributed by atoms with Crippen LogP contribution in [-0.2, 0) is 4.79 Å². The Bertz CT molecular complexity index is 1280. The maximum absolute atomic E-state index is 14.6. The Labute approximate surface area is 185 Å². The fraction of sp³-hybridized carbons (Fsp3) is 0.136. The molecule has 3 aliphatic rings. The summed E-state index contributed by atoms with van der Waals surface area (Å²) < 4.78 is 14.6. The van der Waals surface area contributed by atoms with Crippen molar-refractivity contribution in [2.75, 3.05) is 16.8 Å². The molecular formula is C22H14ClFN4O2S. The number of thiophene rings is 1. The third-order valence-corrected chi connectivity index (χ3v) is 6.84. The molecular weight excluding hydrogens is 439 g/mol. The Morgan fingerprint density at radius 1 is 1.16 bits per heavy atom. The van der Waals surface area contributed by atoms with Crippen molar-refractivity contribution in [3.05, 3.63) is 80.8 Å². The molecule has 2 aromatic carbocycles. The largest absolute Gasteiger partial charge is 0.331 e. The van der Waals surface area contributed by atoms with Crippen molar-refractivity contribution in [1.82, 2.24) is 4.90 Å². The van der Waals surface area contributed by atoms with Gasteiger partial charge in [0.15, 0.2) is 5.84 Å². The molecule has 6 rings (SSSR count). The highest BCUT2D eigenvalue weighted by Gasteiger charge is 2.51. The van der Waals surface area contributed by atoms with Crippen LogP contribution in [0.2, 0.25) is 5.02 Å². The number of amidine groups is 1. The number of carbonyl (C=O) groups excluding carboxylic acids is 2. The lowest BCUT2D eigenvalue weighted by atomic mass is 9.89. The minimum atomic E-state index is -0.540. The first-order chi connectivity index (χ1) is 15.0. The number of nitrogens with one attached hydrogen (secondary N) is 1. The van der Waals surface area contributed by atoms with E-state index in [0.717, 1.165) is 10.4 Å². The number of carbonyl (C=O) groups is 2. The molecule has 31 heavy (non-hydrogen) atoms. The van der Waals surface area contributed by atoms with Crippen LogP contribution in [-0.4, -0.2) is 29.2 Å². The highest BCUT2D eigenvalue weighted by Crippen LogP contribution is 2.52. The van der Waals surface area contributed by atoms with E-state index < -0.39 is 17.9 Å². The first-order valence-electron chi connectivity index (χ1n) is 9.62. The van der Waals surface area contributed by atoms with Crippen LogP contribution in [0.15, 0.2) is 58.9 Å². The van der Waals surface area contributed by atoms with E-state index in [0.29, 0.717) is 27.8 Å². The number of urea groups is 1. The maximum Gasteiger partial charge on any atom is 0.331 e. The smallest absolute Gasteiger partial charge is 0.323 e. The topological polar surface area (TPSA) is 65.0 Å². The second-order valence-corrected chi connectivity index (χ2v) is 8.93. The molecule has 9 heteroatoms. The molecule has 0 radical (unpaired) electrons. The van der Waals surface area contributed by atoms with Crippen LogP contribution in [0.4, 0.5) is 20.6 Å². The van der Waals surface area contributed by atoms with Crippen LogP contribution in [0, 0.1) is 5.82 Å². The Hall–Kier alpha value is -3.23. The molecule has 0 saturated carbocycles. The Morgan fingerprint density at radius 2 is 1.97 bits per heavy atom. The average Bonchev–Trinajstić information content (AvgIpc) is 3.39. The molecule has 1 aromatic heterocycles. The number of benzene rings is 2. The third-order valence-electron chi connectivity index (χ3n) is 5.73. The van der Waals surface area contributed by atoms with E-state index in [2.05, 4.69) is 5.32 Å². The fourth-order valence-corrected chi connectivity index (χ4v) is 5.35. The zero-order valence-corrected chi connectivity index (χ0v) is 17.5. The second kappa shape index (κ2) is 6.63. The Kier molecular flexibility index (Phi) is 3.97. The summed E-state index contributed by atoms with van der Waals surface area (Å²) in [6, 6.07) is 12.4. The predicted molar refractivity (Wildman–Crippen MR) is 117 cm³/mol. The number of fused-ring (bicyclic) bond motifs is 2. The summed E-state index contributed by atoms with van der Waals surface area (Å²) in [5, 5.41) is 5.21. The van der Waals surface area contributed by atoms with Gasteiger partial charge in [0.25, 0.3) is 0 Å². The quantitative estimate of drug-likeness (QED) is 0.596. The molecule has 4 heterocycles. The standard InChI is InChI=1S/C22H14ClFN4O2S/c23-12-5-3-11(4-6-12)18-20-14-8-13(24)9-15-19(14)27(10-17(29)25-15)22(30)28(20)21(26-18)16-2-1-7-31-16/h1-9,18,20H,10H2,(H,25,29). The lowest BCUT2D eigenvalue weighted by Gasteiger charge is -2.43. The van der Waals surface area contributed by atoms with Crippen molar-refractivity contribution in [2.45, 2.75) is 12.1 Å². The second-order valence-electron chi connectivity index (χ2n) is 7.55. The predicted octanol–water partition coefficient (Wildman–Crippen LogP) is 4.98. The number of aliphatic imine (C=N–C) groups is 1. The molecule has 3 amide bonds. The SMILES string of the molecule is O=C1CN2C(=O)N3C(c4cccs4)=NC(c4ccc(Cl)cc4)C3c3cc(F)cc(c32)N1. The van der Waals surface area contributed by atoms with Gasteiger partial charge in [-0.1, -0.05) is 29.8 Å². The van der Waals surface area contributed by atoms with Gasteiger partial charge in [0, 0.05) is 10.6 Å². The van der Waals surface area contributed by atoms with Crippen molar-refractivity contribution < 1.29 is 14.0 Å². The zero-order valence-electron chi connectivity index (χ0n) is 15.9. The number of hydrogen-bond acceptors (Lipinski definition) is 4. The summed E-state index contributed by atoms with van der Waals surface area (Å²) >= 11 is 7.55. The van der Waals surface area contributed by atoms with E-state index in [-0.39, 0.29) is 18.5 Å². The molecule has 6 nitrogen and oxygen atoms in total. The van der Waals surface area contributed by atoms with Crippen molar-refractivity contribution in [3.63, 3.8) is 0 Å². The van der Waals surface area contributed by atoms with E-state index in [1.807, 2.05) is 29.6 Å². The van der Waals surface area contributed by atoms with Crippen LogP contribution in [0.25, 0.3) is 0 Å². The van der Waals surface area contributed by atoms with E-state index in [1.165, 1.54) is 28.4 Å². The van der Waals surface area contributed by atoms with Crippen molar-refractivity contribution >= 4 is 52.1 Å². The molecule has 0 spiro atoms. The zero-order chi connectivity index (χ0) is 21.3. The van der Waals surface area contributed by atoms with Crippen LogP contribution in [0.1, 0.15) is 28.1 Å². The maximum atomic E-state index is 14.6. The molecule has 0 aliphatic carbocycles. The van der Waals surface area contributed by atoms with Gasteiger partial charge in [-0.3, -0.25) is 19.6 Å². The molecule has 2 unspecified atom stereocenters. The Balaban J connectivity index is 1.60. The molecule has 0 bridgehead atoms. The number of amides is 3. The molecule has 2 atom stereocenters. The van der Waals surface area contributed by atoms with Gasteiger partial charge in [-0.2, -0.15) is 0 Å². The van der Waals surface area contributed by atoms with Gasteiger partial charge in [-0.25, -0.2) is 9.18 Å². The summed E-state index contributed by atoms with van der Waals surface area (Å²) in [5.41, 5.74) is 2.32. The van der Waals surface area contributed by atoms with Crippen LogP contribution in [0.3, 0.4) is 0 Å². The van der Waals surface area contributed by atoms with Gasteiger partial charge in [0.05, 0.1) is 22.3 Å². The highest BCUT2D eigenvalue weighted by molar-refractivity contribution is 7.12. The number of hydrogen-bond donors (Lipinski definition) is 1. The minimum absolute atomic E-state index is 0.128. The fourth-order valence-electron chi connectivity index (χ4n) is 4.51. The number of rotatable bonds is 2. The molecule has 3 aromatic rings. The lowest BCUT2D eigenvalue weighted by Crippen LogP contribution is -2.54.